The van der Waals surface area contributed by atoms with Gasteiger partial charge in [-0.3, -0.25) is 0 Å². The van der Waals surface area contributed by atoms with Gasteiger partial charge in [0.05, 0.1) is 19.4 Å². The highest BCUT2D eigenvalue weighted by atomic mass is 16.5. The molecule has 112 valence electrons. The van der Waals surface area contributed by atoms with Crippen LogP contribution in [0.4, 0.5) is 0 Å². The van der Waals surface area contributed by atoms with Gasteiger partial charge in [0.1, 0.15) is 5.75 Å². The van der Waals surface area contributed by atoms with Gasteiger partial charge < -0.3 is 14.5 Å². The number of hydrogen-bond donors (Lipinski definition) is 1. The maximum atomic E-state index is 5.88. The molecule has 22 heavy (non-hydrogen) atoms. The molecule has 1 heterocycles. The summed E-state index contributed by atoms with van der Waals surface area (Å²) in [7, 11) is 1.66. The number of H-pyrrole nitrogens is 1. The quantitative estimate of drug-likeness (QED) is 0.743. The lowest BCUT2D eigenvalue weighted by Crippen LogP contribution is -1.95. The summed E-state index contributed by atoms with van der Waals surface area (Å²) in [5.41, 5.74) is 3.91. The van der Waals surface area contributed by atoms with Crippen molar-refractivity contribution in [2.45, 2.75) is 6.92 Å². The second kappa shape index (κ2) is 5.98. The molecular formula is C19H19NO2. The highest BCUT2D eigenvalue weighted by Gasteiger charge is 2.16. The molecule has 0 aliphatic heterocycles. The fraction of sp³-hybridized carbons (Fsp3) is 0.158. The molecule has 2 aromatic carbocycles. The summed E-state index contributed by atoms with van der Waals surface area (Å²) in [5.74, 6) is 1.63. The van der Waals surface area contributed by atoms with Crippen molar-refractivity contribution in [2.75, 3.05) is 13.7 Å². The number of fused-ring (bicyclic) bond motifs is 1. The Balaban J connectivity index is 2.16. The Bertz CT molecular complexity index is 803. The van der Waals surface area contributed by atoms with Gasteiger partial charge in [-0.2, -0.15) is 0 Å². The predicted octanol–water partition coefficient (Wildman–Crippen LogP) is 4.64. The van der Waals surface area contributed by atoms with Crippen molar-refractivity contribution in [3.05, 3.63) is 66.4 Å². The number of benzene rings is 2. The zero-order valence-corrected chi connectivity index (χ0v) is 12.8. The molecule has 0 saturated heterocycles. The Kier molecular flexibility index (Phi) is 3.88. The third-order valence-electron chi connectivity index (χ3n) is 3.67. The van der Waals surface area contributed by atoms with E-state index in [1.807, 2.05) is 55.5 Å². The molecule has 3 heteroatoms. The lowest BCUT2D eigenvalue weighted by atomic mass is 10.0. The van der Waals surface area contributed by atoms with Crippen LogP contribution in [0.15, 0.2) is 55.1 Å². The fourth-order valence-electron chi connectivity index (χ4n) is 2.56. The Labute approximate surface area is 130 Å². The van der Waals surface area contributed by atoms with Gasteiger partial charge >= 0.3 is 0 Å². The summed E-state index contributed by atoms with van der Waals surface area (Å²) < 4.78 is 11.2. The highest BCUT2D eigenvalue weighted by Crippen LogP contribution is 2.37. The van der Waals surface area contributed by atoms with Crippen LogP contribution in [0.2, 0.25) is 0 Å². The molecule has 0 aliphatic rings. The Hall–Kier alpha value is -2.68. The molecule has 1 N–H and O–H groups in total. The molecular weight excluding hydrogens is 274 g/mol. The van der Waals surface area contributed by atoms with Gasteiger partial charge in [0, 0.05) is 16.5 Å². The molecule has 0 atom stereocenters. The lowest BCUT2D eigenvalue weighted by molar-refractivity contribution is 0.343. The van der Waals surface area contributed by atoms with Crippen LogP contribution in [0.5, 0.6) is 11.5 Å². The van der Waals surface area contributed by atoms with Crippen LogP contribution in [-0.4, -0.2) is 18.7 Å². The molecule has 0 radical (unpaired) electrons. The average Bonchev–Trinajstić information content (AvgIpc) is 2.93. The smallest absolute Gasteiger partial charge is 0.152 e. The van der Waals surface area contributed by atoms with Gasteiger partial charge in [-0.1, -0.05) is 36.9 Å². The number of aromatic amines is 1. The molecule has 0 saturated carbocycles. The second-order valence-corrected chi connectivity index (χ2v) is 5.02. The van der Waals surface area contributed by atoms with E-state index in [9.17, 15) is 0 Å². The standard InChI is InChI=1S/C19H19NO2/c1-4-22-19-16-12-15(21-3)10-11-17(16)20-18(19)13(2)14-8-6-5-7-9-14/h5-12,20H,2,4H2,1,3H3. The van der Waals surface area contributed by atoms with Crippen LogP contribution in [0.1, 0.15) is 18.2 Å². The fourth-order valence-corrected chi connectivity index (χ4v) is 2.56. The molecule has 3 nitrogen and oxygen atoms in total. The second-order valence-electron chi connectivity index (χ2n) is 5.02. The first-order valence-electron chi connectivity index (χ1n) is 7.31. The first-order chi connectivity index (χ1) is 10.7. The third kappa shape index (κ3) is 2.46. The number of methoxy groups -OCH3 is 1. The van der Waals surface area contributed by atoms with E-state index in [2.05, 4.69) is 11.6 Å². The van der Waals surface area contributed by atoms with Gasteiger partial charge in [-0.15, -0.1) is 0 Å². The monoisotopic (exact) mass is 293 g/mol. The van der Waals surface area contributed by atoms with Crippen molar-refractivity contribution in [3.63, 3.8) is 0 Å². The maximum absolute atomic E-state index is 5.88. The SMILES string of the molecule is C=C(c1ccccc1)c1[nH]c2ccc(OC)cc2c1OCC. The summed E-state index contributed by atoms with van der Waals surface area (Å²) in [6, 6.07) is 16.0. The third-order valence-corrected chi connectivity index (χ3v) is 3.67. The Morgan fingerprint density at radius 2 is 1.91 bits per heavy atom. The highest BCUT2D eigenvalue weighted by molar-refractivity contribution is 5.95. The summed E-state index contributed by atoms with van der Waals surface area (Å²) in [5, 5.41) is 1.01. The largest absolute Gasteiger partial charge is 0.497 e. The minimum absolute atomic E-state index is 0.596. The predicted molar refractivity (Wildman–Crippen MR) is 90.6 cm³/mol. The summed E-state index contributed by atoms with van der Waals surface area (Å²) in [4.78, 5) is 3.42. The van der Waals surface area contributed by atoms with Crippen molar-refractivity contribution in [3.8, 4) is 11.5 Å². The minimum atomic E-state index is 0.596. The van der Waals surface area contributed by atoms with Gasteiger partial charge in [0.2, 0.25) is 0 Å². The molecule has 0 bridgehead atoms. The number of nitrogens with one attached hydrogen (secondary N) is 1. The molecule has 0 aliphatic carbocycles. The minimum Gasteiger partial charge on any atom is -0.497 e. The van der Waals surface area contributed by atoms with Gasteiger partial charge in [0.15, 0.2) is 5.75 Å². The maximum Gasteiger partial charge on any atom is 0.152 e. The van der Waals surface area contributed by atoms with Crippen LogP contribution in [0.25, 0.3) is 16.5 Å². The number of ether oxygens (including phenoxy) is 2. The molecule has 1 aromatic heterocycles. The molecule has 3 rings (SSSR count). The summed E-state index contributed by atoms with van der Waals surface area (Å²) >= 11 is 0. The first kappa shape index (κ1) is 14.3. The number of rotatable bonds is 5. The van der Waals surface area contributed by atoms with Crippen molar-refractivity contribution in [1.29, 1.82) is 0 Å². The molecule has 0 fully saturated rings. The van der Waals surface area contributed by atoms with Crippen LogP contribution < -0.4 is 9.47 Å². The van der Waals surface area contributed by atoms with E-state index in [4.69, 9.17) is 9.47 Å². The zero-order valence-electron chi connectivity index (χ0n) is 12.8. The Morgan fingerprint density at radius 1 is 1.14 bits per heavy atom. The van der Waals surface area contributed by atoms with Crippen LogP contribution >= 0.6 is 0 Å². The van der Waals surface area contributed by atoms with E-state index >= 15 is 0 Å². The van der Waals surface area contributed by atoms with Crippen LogP contribution in [-0.2, 0) is 0 Å². The number of hydrogen-bond acceptors (Lipinski definition) is 2. The Morgan fingerprint density at radius 3 is 2.59 bits per heavy atom. The molecule has 0 spiro atoms. The van der Waals surface area contributed by atoms with E-state index in [1.165, 1.54) is 0 Å². The first-order valence-corrected chi connectivity index (χ1v) is 7.31. The molecule has 3 aromatic rings. The van der Waals surface area contributed by atoms with Crippen molar-refractivity contribution >= 4 is 16.5 Å². The lowest BCUT2D eigenvalue weighted by Gasteiger charge is -2.09. The molecule has 0 amide bonds. The van der Waals surface area contributed by atoms with E-state index < -0.39 is 0 Å². The van der Waals surface area contributed by atoms with E-state index in [-0.39, 0.29) is 0 Å². The normalized spacial score (nSPS) is 10.6. The van der Waals surface area contributed by atoms with Gasteiger partial charge in [0.25, 0.3) is 0 Å². The van der Waals surface area contributed by atoms with Gasteiger partial charge in [-0.25, -0.2) is 0 Å². The van der Waals surface area contributed by atoms with E-state index in [0.29, 0.717) is 6.61 Å². The van der Waals surface area contributed by atoms with E-state index in [1.54, 1.807) is 7.11 Å². The van der Waals surface area contributed by atoms with Crippen molar-refractivity contribution in [1.82, 2.24) is 4.98 Å². The average molecular weight is 293 g/mol. The van der Waals surface area contributed by atoms with Gasteiger partial charge in [-0.05, 0) is 30.7 Å². The van der Waals surface area contributed by atoms with Crippen LogP contribution in [0, 0.1) is 0 Å². The van der Waals surface area contributed by atoms with Crippen molar-refractivity contribution in [2.24, 2.45) is 0 Å². The van der Waals surface area contributed by atoms with E-state index in [0.717, 1.165) is 39.2 Å². The summed E-state index contributed by atoms with van der Waals surface area (Å²) in [6.07, 6.45) is 0. The van der Waals surface area contributed by atoms with Crippen molar-refractivity contribution < 1.29 is 9.47 Å². The van der Waals surface area contributed by atoms with Crippen LogP contribution in [0.3, 0.4) is 0 Å². The number of aromatic nitrogens is 1. The zero-order chi connectivity index (χ0) is 15.5. The summed E-state index contributed by atoms with van der Waals surface area (Å²) in [6.45, 7) is 6.81. The molecule has 0 unspecified atom stereocenters. The topological polar surface area (TPSA) is 34.2 Å².